The van der Waals surface area contributed by atoms with Crippen LogP contribution in [0.25, 0.3) is 0 Å². The maximum atomic E-state index is 13.9. The molecular formula is C21H29FN2O2S. The van der Waals surface area contributed by atoms with Gasteiger partial charge in [0.1, 0.15) is 11.9 Å². The van der Waals surface area contributed by atoms with Crippen molar-refractivity contribution in [2.24, 2.45) is 11.8 Å². The molecule has 2 unspecified atom stereocenters. The first-order valence-corrected chi connectivity index (χ1v) is 11.0. The van der Waals surface area contributed by atoms with Gasteiger partial charge in [-0.3, -0.25) is 9.59 Å². The van der Waals surface area contributed by atoms with Gasteiger partial charge in [-0.25, -0.2) is 4.39 Å². The molecule has 3 rings (SSSR count). The van der Waals surface area contributed by atoms with Gasteiger partial charge in [0.15, 0.2) is 0 Å². The van der Waals surface area contributed by atoms with E-state index < -0.39 is 11.9 Å². The number of amides is 2. The SMILES string of the molecule is CC(C)CC1SCC(C(=O)Nc2ccccc2F)N1C(=O)C1CCCCC1. The lowest BCUT2D eigenvalue weighted by Crippen LogP contribution is -2.50. The van der Waals surface area contributed by atoms with E-state index in [9.17, 15) is 14.0 Å². The van der Waals surface area contributed by atoms with Crippen molar-refractivity contribution in [2.45, 2.75) is 63.8 Å². The van der Waals surface area contributed by atoms with Crippen molar-refractivity contribution in [3.05, 3.63) is 30.1 Å². The molecule has 1 aromatic carbocycles. The van der Waals surface area contributed by atoms with E-state index in [0.717, 1.165) is 32.1 Å². The number of hydrogen-bond acceptors (Lipinski definition) is 3. The Bertz CT molecular complexity index is 676. The fourth-order valence-electron chi connectivity index (χ4n) is 3.98. The molecular weight excluding hydrogens is 363 g/mol. The number of nitrogens with one attached hydrogen (secondary N) is 1. The van der Waals surface area contributed by atoms with E-state index in [-0.39, 0.29) is 28.8 Å². The lowest BCUT2D eigenvalue weighted by atomic mass is 9.87. The summed E-state index contributed by atoms with van der Waals surface area (Å²) >= 11 is 1.67. The second-order valence-corrected chi connectivity index (χ2v) is 9.19. The van der Waals surface area contributed by atoms with Crippen LogP contribution in [0.3, 0.4) is 0 Å². The normalized spacial score (nSPS) is 23.6. The van der Waals surface area contributed by atoms with Crippen LogP contribution in [0.1, 0.15) is 52.4 Å². The Kier molecular flexibility index (Phi) is 6.79. The molecule has 0 spiro atoms. The number of nitrogens with zero attached hydrogens (tertiary/aromatic N) is 1. The molecule has 0 bridgehead atoms. The van der Waals surface area contributed by atoms with Crippen LogP contribution >= 0.6 is 11.8 Å². The number of thioether (sulfide) groups is 1. The average molecular weight is 393 g/mol. The van der Waals surface area contributed by atoms with E-state index in [1.54, 1.807) is 30.0 Å². The summed E-state index contributed by atoms with van der Waals surface area (Å²) in [5.41, 5.74) is 0.171. The minimum Gasteiger partial charge on any atom is -0.322 e. The van der Waals surface area contributed by atoms with Gasteiger partial charge in [-0.1, -0.05) is 45.2 Å². The minimum absolute atomic E-state index is 0.0239. The van der Waals surface area contributed by atoms with Gasteiger partial charge >= 0.3 is 0 Å². The van der Waals surface area contributed by atoms with Gasteiger partial charge in [-0.2, -0.15) is 0 Å². The Morgan fingerprint density at radius 3 is 2.59 bits per heavy atom. The fourth-order valence-corrected chi connectivity index (χ4v) is 5.63. The monoisotopic (exact) mass is 392 g/mol. The van der Waals surface area contributed by atoms with Crippen LogP contribution in [0.5, 0.6) is 0 Å². The molecule has 2 amide bonds. The molecule has 1 saturated heterocycles. The number of hydrogen-bond donors (Lipinski definition) is 1. The molecule has 2 atom stereocenters. The summed E-state index contributed by atoms with van der Waals surface area (Å²) < 4.78 is 13.9. The van der Waals surface area contributed by atoms with Crippen molar-refractivity contribution in [3.63, 3.8) is 0 Å². The predicted molar refractivity (Wildman–Crippen MR) is 108 cm³/mol. The van der Waals surface area contributed by atoms with Crippen LogP contribution in [0, 0.1) is 17.7 Å². The van der Waals surface area contributed by atoms with E-state index in [1.807, 2.05) is 4.90 Å². The molecule has 2 aliphatic rings. The van der Waals surface area contributed by atoms with Gasteiger partial charge in [-0.05, 0) is 37.3 Å². The number of benzene rings is 1. The topological polar surface area (TPSA) is 49.4 Å². The molecule has 1 N–H and O–H groups in total. The molecule has 6 heteroatoms. The van der Waals surface area contributed by atoms with Crippen molar-refractivity contribution < 1.29 is 14.0 Å². The van der Waals surface area contributed by atoms with Crippen LogP contribution in [0.2, 0.25) is 0 Å². The van der Waals surface area contributed by atoms with Crippen molar-refractivity contribution >= 4 is 29.3 Å². The first-order chi connectivity index (χ1) is 13.0. The quantitative estimate of drug-likeness (QED) is 0.793. The molecule has 27 heavy (non-hydrogen) atoms. The molecule has 1 aliphatic heterocycles. The summed E-state index contributed by atoms with van der Waals surface area (Å²) in [7, 11) is 0. The van der Waals surface area contributed by atoms with Crippen LogP contribution in [0.15, 0.2) is 24.3 Å². The smallest absolute Gasteiger partial charge is 0.248 e. The highest BCUT2D eigenvalue weighted by Crippen LogP contribution is 2.37. The maximum absolute atomic E-state index is 13.9. The first kappa shape index (κ1) is 20.2. The highest BCUT2D eigenvalue weighted by atomic mass is 32.2. The number of rotatable bonds is 5. The van der Waals surface area contributed by atoms with Crippen LogP contribution in [0.4, 0.5) is 10.1 Å². The van der Waals surface area contributed by atoms with Crippen LogP contribution < -0.4 is 5.32 Å². The van der Waals surface area contributed by atoms with E-state index in [1.165, 1.54) is 12.5 Å². The van der Waals surface area contributed by atoms with E-state index in [0.29, 0.717) is 11.7 Å². The zero-order valence-corrected chi connectivity index (χ0v) is 16.9. The van der Waals surface area contributed by atoms with Gasteiger partial charge in [0.2, 0.25) is 11.8 Å². The third kappa shape index (κ3) is 4.84. The van der Waals surface area contributed by atoms with Crippen molar-refractivity contribution in [3.8, 4) is 0 Å². The van der Waals surface area contributed by atoms with E-state index in [2.05, 4.69) is 19.2 Å². The summed E-state index contributed by atoms with van der Waals surface area (Å²) in [5, 5.41) is 2.72. The summed E-state index contributed by atoms with van der Waals surface area (Å²) in [6, 6.07) is 5.62. The van der Waals surface area contributed by atoms with Crippen molar-refractivity contribution in [1.82, 2.24) is 4.90 Å². The summed E-state index contributed by atoms with van der Waals surface area (Å²) in [6.07, 6.45) is 6.04. The summed E-state index contributed by atoms with van der Waals surface area (Å²) in [6.45, 7) is 4.27. The van der Waals surface area contributed by atoms with Crippen LogP contribution in [-0.4, -0.2) is 33.9 Å². The van der Waals surface area contributed by atoms with Gasteiger partial charge in [0, 0.05) is 11.7 Å². The second kappa shape index (κ2) is 9.09. The Morgan fingerprint density at radius 1 is 1.22 bits per heavy atom. The Balaban J connectivity index is 1.78. The molecule has 1 heterocycles. The standard InChI is InChI=1S/C21H29FN2O2S/c1-14(2)12-19-24(21(26)15-8-4-3-5-9-15)18(13-27-19)20(25)23-17-11-7-6-10-16(17)22/h6-7,10-11,14-15,18-19H,3-5,8-9,12-13H2,1-2H3,(H,23,25). The number of carbonyl (C=O) groups is 2. The van der Waals surface area contributed by atoms with Crippen LogP contribution in [-0.2, 0) is 9.59 Å². The highest BCUT2D eigenvalue weighted by Gasteiger charge is 2.43. The molecule has 4 nitrogen and oxygen atoms in total. The third-order valence-electron chi connectivity index (χ3n) is 5.41. The average Bonchev–Trinajstić information content (AvgIpc) is 3.06. The zero-order valence-electron chi connectivity index (χ0n) is 16.1. The Morgan fingerprint density at radius 2 is 1.93 bits per heavy atom. The minimum atomic E-state index is -0.534. The van der Waals surface area contributed by atoms with Gasteiger partial charge in [-0.15, -0.1) is 11.8 Å². The Labute approximate surface area is 165 Å². The maximum Gasteiger partial charge on any atom is 0.248 e. The predicted octanol–water partition coefficient (Wildman–Crippen LogP) is 4.66. The Hall–Kier alpha value is -1.56. The molecule has 148 valence electrons. The molecule has 1 aliphatic carbocycles. The number of anilines is 1. The number of carbonyl (C=O) groups excluding carboxylic acids is 2. The zero-order chi connectivity index (χ0) is 19.4. The van der Waals surface area contributed by atoms with Crippen molar-refractivity contribution in [2.75, 3.05) is 11.1 Å². The molecule has 1 saturated carbocycles. The highest BCUT2D eigenvalue weighted by molar-refractivity contribution is 8.00. The van der Waals surface area contributed by atoms with Gasteiger partial charge in [0.05, 0.1) is 11.1 Å². The number of halogens is 1. The molecule has 0 radical (unpaired) electrons. The summed E-state index contributed by atoms with van der Waals surface area (Å²) in [4.78, 5) is 28.0. The lowest BCUT2D eigenvalue weighted by Gasteiger charge is -2.34. The fraction of sp³-hybridized carbons (Fsp3) is 0.619. The summed E-state index contributed by atoms with van der Waals surface area (Å²) in [5.74, 6) is 0.395. The van der Waals surface area contributed by atoms with E-state index in [4.69, 9.17) is 0 Å². The van der Waals surface area contributed by atoms with Gasteiger partial charge < -0.3 is 10.2 Å². The van der Waals surface area contributed by atoms with E-state index >= 15 is 0 Å². The number of para-hydroxylation sites is 1. The van der Waals surface area contributed by atoms with Crippen molar-refractivity contribution in [1.29, 1.82) is 0 Å². The molecule has 2 fully saturated rings. The molecule has 0 aromatic heterocycles. The van der Waals surface area contributed by atoms with Gasteiger partial charge in [0.25, 0.3) is 0 Å². The first-order valence-electron chi connectivity index (χ1n) is 9.96. The molecule has 1 aromatic rings. The third-order valence-corrected chi connectivity index (χ3v) is 6.72. The lowest BCUT2D eigenvalue weighted by molar-refractivity contribution is -0.142. The largest absolute Gasteiger partial charge is 0.322 e. The second-order valence-electron chi connectivity index (χ2n) is 7.98.